The van der Waals surface area contributed by atoms with E-state index in [9.17, 15) is 0 Å². The number of aromatic nitrogens is 2. The molecule has 0 unspecified atom stereocenters. The van der Waals surface area contributed by atoms with E-state index in [-0.39, 0.29) is 6.61 Å². The highest BCUT2D eigenvalue weighted by Gasteiger charge is 1.98. The number of hydrogen-bond donors (Lipinski definition) is 3. The topological polar surface area (TPSA) is 82.4 Å². The molecule has 0 aliphatic rings. The number of hydrogen-bond acceptors (Lipinski definition) is 5. The normalized spacial score (nSPS) is 11.0. The van der Waals surface area contributed by atoms with E-state index in [0.29, 0.717) is 23.1 Å². The minimum atomic E-state index is 0.0225. The van der Waals surface area contributed by atoms with Gasteiger partial charge in [-0.1, -0.05) is 0 Å². The Kier molecular flexibility index (Phi) is 5.30. The standard InChI is InChI=1S/C9H13N5OS/c1-7(8-6-10-2-3-11-8)13-14-9(16)12-4-5-15/h2-3,6,15H,4-5H2,1H3,(H2,12,14,16)/b13-7-. The maximum Gasteiger partial charge on any atom is 0.187 e. The smallest absolute Gasteiger partial charge is 0.187 e. The van der Waals surface area contributed by atoms with Crippen LogP contribution in [0.15, 0.2) is 23.7 Å². The van der Waals surface area contributed by atoms with E-state index in [1.807, 2.05) is 0 Å². The number of nitrogens with one attached hydrogen (secondary N) is 2. The first-order chi connectivity index (χ1) is 7.74. The molecule has 0 saturated heterocycles. The van der Waals surface area contributed by atoms with Gasteiger partial charge in [-0.25, -0.2) is 0 Å². The fourth-order valence-electron chi connectivity index (χ4n) is 0.887. The van der Waals surface area contributed by atoms with Crippen molar-refractivity contribution in [2.45, 2.75) is 6.92 Å². The molecule has 0 spiro atoms. The lowest BCUT2D eigenvalue weighted by Crippen LogP contribution is -2.34. The molecule has 1 aromatic heterocycles. The van der Waals surface area contributed by atoms with Crippen LogP contribution in [0.5, 0.6) is 0 Å². The van der Waals surface area contributed by atoms with Crippen LogP contribution >= 0.6 is 12.2 Å². The highest BCUT2D eigenvalue weighted by atomic mass is 32.1. The van der Waals surface area contributed by atoms with E-state index < -0.39 is 0 Å². The molecule has 0 fully saturated rings. The summed E-state index contributed by atoms with van der Waals surface area (Å²) in [6, 6.07) is 0. The number of rotatable bonds is 4. The molecular weight excluding hydrogens is 226 g/mol. The molecule has 1 rings (SSSR count). The van der Waals surface area contributed by atoms with Crippen molar-refractivity contribution in [1.82, 2.24) is 20.7 Å². The summed E-state index contributed by atoms with van der Waals surface area (Å²) < 4.78 is 0. The van der Waals surface area contributed by atoms with Crippen molar-refractivity contribution in [2.75, 3.05) is 13.2 Å². The Morgan fingerprint density at radius 2 is 2.38 bits per heavy atom. The summed E-state index contributed by atoms with van der Waals surface area (Å²) >= 11 is 4.91. The van der Waals surface area contributed by atoms with E-state index in [0.717, 1.165) is 0 Å². The first-order valence-electron chi connectivity index (χ1n) is 4.69. The molecule has 0 aromatic carbocycles. The fourth-order valence-corrected chi connectivity index (χ4v) is 1.03. The molecule has 6 nitrogen and oxygen atoms in total. The van der Waals surface area contributed by atoms with Crippen LogP contribution in [0.3, 0.4) is 0 Å². The fraction of sp³-hybridized carbons (Fsp3) is 0.333. The zero-order valence-electron chi connectivity index (χ0n) is 8.84. The molecule has 0 saturated carbocycles. The Balaban J connectivity index is 2.48. The second kappa shape index (κ2) is 6.81. The van der Waals surface area contributed by atoms with Gasteiger partial charge in [-0.05, 0) is 19.1 Å². The van der Waals surface area contributed by atoms with Crippen molar-refractivity contribution in [3.05, 3.63) is 24.3 Å². The van der Waals surface area contributed by atoms with E-state index in [1.165, 1.54) is 0 Å². The van der Waals surface area contributed by atoms with Crippen LogP contribution in [0.4, 0.5) is 0 Å². The van der Waals surface area contributed by atoms with Crippen LogP contribution in [0.25, 0.3) is 0 Å². The van der Waals surface area contributed by atoms with Crippen LogP contribution in [-0.4, -0.2) is 39.1 Å². The van der Waals surface area contributed by atoms with Gasteiger partial charge in [-0.15, -0.1) is 0 Å². The van der Waals surface area contributed by atoms with Gasteiger partial charge in [0.05, 0.1) is 18.5 Å². The van der Waals surface area contributed by atoms with Crippen molar-refractivity contribution in [3.8, 4) is 0 Å². The average molecular weight is 239 g/mol. The zero-order valence-corrected chi connectivity index (χ0v) is 9.66. The quantitative estimate of drug-likeness (QED) is 0.379. The van der Waals surface area contributed by atoms with Crippen molar-refractivity contribution in [2.24, 2.45) is 5.10 Å². The first kappa shape index (κ1) is 12.5. The van der Waals surface area contributed by atoms with Crippen molar-refractivity contribution >= 4 is 23.0 Å². The molecule has 0 amide bonds. The average Bonchev–Trinajstić information content (AvgIpc) is 2.34. The second-order valence-electron chi connectivity index (χ2n) is 2.88. The summed E-state index contributed by atoms with van der Waals surface area (Å²) in [7, 11) is 0. The molecule has 1 heterocycles. The minimum absolute atomic E-state index is 0.0225. The van der Waals surface area contributed by atoms with Crippen LogP contribution in [0.2, 0.25) is 0 Å². The monoisotopic (exact) mass is 239 g/mol. The van der Waals surface area contributed by atoms with E-state index in [2.05, 4.69) is 25.8 Å². The molecule has 0 aliphatic carbocycles. The van der Waals surface area contributed by atoms with Crippen LogP contribution in [0.1, 0.15) is 12.6 Å². The molecule has 16 heavy (non-hydrogen) atoms. The number of aliphatic hydroxyl groups is 1. The largest absolute Gasteiger partial charge is 0.395 e. The lowest BCUT2D eigenvalue weighted by atomic mass is 10.3. The molecule has 7 heteroatoms. The number of nitrogens with zero attached hydrogens (tertiary/aromatic N) is 3. The maximum atomic E-state index is 8.57. The second-order valence-corrected chi connectivity index (χ2v) is 3.29. The number of thiocarbonyl (C=S) groups is 1. The molecule has 0 radical (unpaired) electrons. The van der Waals surface area contributed by atoms with Crippen LogP contribution in [-0.2, 0) is 0 Å². The predicted octanol–water partition coefficient (Wildman–Crippen LogP) is -0.343. The highest BCUT2D eigenvalue weighted by molar-refractivity contribution is 7.80. The third kappa shape index (κ3) is 4.28. The minimum Gasteiger partial charge on any atom is -0.395 e. The van der Waals surface area contributed by atoms with Gasteiger partial charge in [0, 0.05) is 18.9 Å². The van der Waals surface area contributed by atoms with Crippen molar-refractivity contribution in [1.29, 1.82) is 0 Å². The Morgan fingerprint density at radius 3 is 3.00 bits per heavy atom. The molecule has 0 atom stereocenters. The van der Waals surface area contributed by atoms with Crippen LogP contribution < -0.4 is 10.7 Å². The molecule has 3 N–H and O–H groups in total. The predicted molar refractivity (Wildman–Crippen MR) is 65.1 cm³/mol. The van der Waals surface area contributed by atoms with E-state index in [1.54, 1.807) is 25.5 Å². The zero-order chi connectivity index (χ0) is 11.8. The molecule has 86 valence electrons. The summed E-state index contributed by atoms with van der Waals surface area (Å²) in [5.41, 5.74) is 4.01. The Morgan fingerprint density at radius 1 is 1.56 bits per heavy atom. The van der Waals surface area contributed by atoms with Gasteiger partial charge >= 0.3 is 0 Å². The van der Waals surface area contributed by atoms with Gasteiger partial charge in [-0.2, -0.15) is 5.10 Å². The number of hydrazone groups is 1. The summed E-state index contributed by atoms with van der Waals surface area (Å²) in [5.74, 6) is 0. The summed E-state index contributed by atoms with van der Waals surface area (Å²) in [4.78, 5) is 8.01. The molecule has 0 bridgehead atoms. The maximum absolute atomic E-state index is 8.57. The van der Waals surface area contributed by atoms with Gasteiger partial charge in [0.25, 0.3) is 0 Å². The first-order valence-corrected chi connectivity index (χ1v) is 5.10. The van der Waals surface area contributed by atoms with E-state index >= 15 is 0 Å². The van der Waals surface area contributed by atoms with Crippen molar-refractivity contribution in [3.63, 3.8) is 0 Å². The number of aliphatic hydroxyl groups excluding tert-OH is 1. The van der Waals surface area contributed by atoms with Gasteiger partial charge < -0.3 is 10.4 Å². The van der Waals surface area contributed by atoms with Gasteiger partial charge in [0.1, 0.15) is 5.69 Å². The Labute approximate surface area is 98.8 Å². The van der Waals surface area contributed by atoms with Gasteiger partial charge in [-0.3, -0.25) is 15.4 Å². The molecule has 0 aliphatic heterocycles. The Hall–Kier alpha value is -1.60. The third-order valence-corrected chi connectivity index (χ3v) is 1.89. The molecular formula is C9H13N5OS. The third-order valence-electron chi connectivity index (χ3n) is 1.66. The summed E-state index contributed by atoms with van der Waals surface area (Å²) in [5, 5.41) is 15.7. The lowest BCUT2D eigenvalue weighted by Gasteiger charge is -2.05. The molecule has 1 aromatic rings. The Bertz CT molecular complexity index is 367. The lowest BCUT2D eigenvalue weighted by molar-refractivity contribution is 0.300. The van der Waals surface area contributed by atoms with Gasteiger partial charge in [0.15, 0.2) is 5.11 Å². The van der Waals surface area contributed by atoms with Crippen molar-refractivity contribution < 1.29 is 5.11 Å². The van der Waals surface area contributed by atoms with Crippen LogP contribution in [0, 0.1) is 0 Å². The summed E-state index contributed by atoms with van der Waals surface area (Å²) in [6.45, 7) is 2.21. The van der Waals surface area contributed by atoms with E-state index in [4.69, 9.17) is 17.3 Å². The van der Waals surface area contributed by atoms with Gasteiger partial charge in [0.2, 0.25) is 0 Å². The summed E-state index contributed by atoms with van der Waals surface area (Å²) in [6.07, 6.45) is 4.80. The SMILES string of the molecule is C/C(=N/NC(=S)NCCO)c1cnccn1. The highest BCUT2D eigenvalue weighted by Crippen LogP contribution is 1.92.